The molecule has 0 unspecified atom stereocenters. The van der Waals surface area contributed by atoms with Crippen molar-refractivity contribution in [2.45, 2.75) is 12.8 Å². The van der Waals surface area contributed by atoms with Gasteiger partial charge in [0, 0.05) is 24.8 Å². The summed E-state index contributed by atoms with van der Waals surface area (Å²) in [7, 11) is 0. The third-order valence-electron chi connectivity index (χ3n) is 2.36. The normalized spacial score (nSPS) is 15.8. The van der Waals surface area contributed by atoms with Crippen LogP contribution >= 0.6 is 0 Å². The zero-order chi connectivity index (χ0) is 9.10. The molecule has 0 saturated carbocycles. The summed E-state index contributed by atoms with van der Waals surface area (Å²) in [6.45, 7) is 2.27. The molecule has 1 saturated heterocycles. The average molecular weight is 172 g/mol. The van der Waals surface area contributed by atoms with E-state index in [1.54, 1.807) is 6.20 Å². The van der Waals surface area contributed by atoms with Gasteiger partial charge in [0.05, 0.1) is 11.9 Å². The van der Waals surface area contributed by atoms with Gasteiger partial charge in [-0.2, -0.15) is 0 Å². The largest absolute Gasteiger partial charge is 0.370 e. The lowest BCUT2D eigenvalue weighted by Gasteiger charge is -2.16. The molecule has 66 valence electrons. The lowest BCUT2D eigenvalue weighted by atomic mass is 10.2. The highest BCUT2D eigenvalue weighted by Gasteiger charge is 2.12. The van der Waals surface area contributed by atoms with Gasteiger partial charge in [-0.1, -0.05) is 5.92 Å². The molecule has 1 aliphatic heterocycles. The van der Waals surface area contributed by atoms with Crippen LogP contribution in [0, 0.1) is 12.3 Å². The second kappa shape index (κ2) is 3.49. The highest BCUT2D eigenvalue weighted by atomic mass is 15.1. The van der Waals surface area contributed by atoms with Gasteiger partial charge in [-0.3, -0.25) is 4.98 Å². The maximum absolute atomic E-state index is 5.31. The number of aromatic nitrogens is 1. The Morgan fingerprint density at radius 2 is 2.08 bits per heavy atom. The fourth-order valence-electron chi connectivity index (χ4n) is 1.65. The summed E-state index contributed by atoms with van der Waals surface area (Å²) in [5.41, 5.74) is 2.03. The molecule has 1 aromatic heterocycles. The first kappa shape index (κ1) is 8.12. The van der Waals surface area contributed by atoms with Gasteiger partial charge in [-0.05, 0) is 18.9 Å². The predicted octanol–water partition coefficient (Wildman–Crippen LogP) is 1.66. The van der Waals surface area contributed by atoms with Crippen LogP contribution in [0.25, 0.3) is 0 Å². The van der Waals surface area contributed by atoms with Crippen molar-refractivity contribution in [3.63, 3.8) is 0 Å². The van der Waals surface area contributed by atoms with Crippen LogP contribution < -0.4 is 4.90 Å². The standard InChI is InChI=1S/C11H12N2/c1-2-10-7-11(9-12-8-10)13-5-3-4-6-13/h1,7-9H,3-6H2. The van der Waals surface area contributed by atoms with Crippen molar-refractivity contribution < 1.29 is 0 Å². The first-order valence-corrected chi connectivity index (χ1v) is 4.57. The molecule has 0 bridgehead atoms. The Hall–Kier alpha value is -1.49. The Morgan fingerprint density at radius 3 is 2.77 bits per heavy atom. The van der Waals surface area contributed by atoms with E-state index < -0.39 is 0 Å². The molecule has 0 atom stereocenters. The first-order chi connectivity index (χ1) is 6.40. The van der Waals surface area contributed by atoms with Crippen molar-refractivity contribution >= 4 is 5.69 Å². The second-order valence-electron chi connectivity index (χ2n) is 3.27. The summed E-state index contributed by atoms with van der Waals surface area (Å²) in [5.74, 6) is 2.60. The minimum Gasteiger partial charge on any atom is -0.370 e. The van der Waals surface area contributed by atoms with E-state index in [1.165, 1.54) is 12.8 Å². The monoisotopic (exact) mass is 172 g/mol. The Kier molecular flexibility index (Phi) is 2.18. The summed E-state index contributed by atoms with van der Waals surface area (Å²) >= 11 is 0. The molecule has 13 heavy (non-hydrogen) atoms. The maximum Gasteiger partial charge on any atom is 0.0565 e. The minimum absolute atomic E-state index is 0.865. The van der Waals surface area contributed by atoms with E-state index >= 15 is 0 Å². The van der Waals surface area contributed by atoms with Gasteiger partial charge in [0.25, 0.3) is 0 Å². The Bertz CT molecular complexity index is 332. The molecule has 0 aliphatic carbocycles. The van der Waals surface area contributed by atoms with Crippen molar-refractivity contribution in [1.82, 2.24) is 4.98 Å². The molecule has 0 radical (unpaired) electrons. The van der Waals surface area contributed by atoms with E-state index in [4.69, 9.17) is 6.42 Å². The van der Waals surface area contributed by atoms with Crippen molar-refractivity contribution in [3.05, 3.63) is 24.0 Å². The number of pyridine rings is 1. The van der Waals surface area contributed by atoms with Crippen LogP contribution in [0.4, 0.5) is 5.69 Å². The summed E-state index contributed by atoms with van der Waals surface area (Å²) < 4.78 is 0. The van der Waals surface area contributed by atoms with Gasteiger partial charge in [0.2, 0.25) is 0 Å². The molecule has 2 rings (SSSR count). The fraction of sp³-hybridized carbons (Fsp3) is 0.364. The average Bonchev–Trinajstić information content (AvgIpc) is 2.71. The molecule has 0 N–H and O–H groups in total. The molecule has 0 amide bonds. The van der Waals surface area contributed by atoms with Crippen LogP contribution in [0.2, 0.25) is 0 Å². The number of terminal acetylenes is 1. The summed E-state index contributed by atoms with van der Waals surface area (Å²) in [6.07, 6.45) is 11.5. The highest BCUT2D eigenvalue weighted by molar-refractivity contribution is 5.50. The van der Waals surface area contributed by atoms with Gasteiger partial charge in [-0.15, -0.1) is 6.42 Å². The quantitative estimate of drug-likeness (QED) is 0.599. The number of hydrogen-bond donors (Lipinski definition) is 0. The van der Waals surface area contributed by atoms with Crippen LogP contribution in [0.3, 0.4) is 0 Å². The van der Waals surface area contributed by atoms with E-state index in [2.05, 4.69) is 15.8 Å². The Labute approximate surface area is 78.6 Å². The van der Waals surface area contributed by atoms with Gasteiger partial charge >= 0.3 is 0 Å². The van der Waals surface area contributed by atoms with E-state index in [0.29, 0.717) is 0 Å². The van der Waals surface area contributed by atoms with Crippen LogP contribution in [-0.4, -0.2) is 18.1 Å². The molecule has 0 aromatic carbocycles. The Balaban J connectivity index is 2.25. The molecule has 2 heteroatoms. The minimum atomic E-state index is 0.865. The number of nitrogens with zero attached hydrogens (tertiary/aromatic N) is 2. The lowest BCUT2D eigenvalue weighted by Crippen LogP contribution is -2.17. The summed E-state index contributed by atoms with van der Waals surface area (Å²) in [4.78, 5) is 6.44. The molecular formula is C11H12N2. The molecule has 1 aliphatic rings. The summed E-state index contributed by atoms with van der Waals surface area (Å²) in [5, 5.41) is 0. The van der Waals surface area contributed by atoms with Crippen LogP contribution in [0.5, 0.6) is 0 Å². The maximum atomic E-state index is 5.31. The van der Waals surface area contributed by atoms with Gasteiger partial charge in [0.15, 0.2) is 0 Å². The third-order valence-corrected chi connectivity index (χ3v) is 2.36. The molecule has 1 aromatic rings. The lowest BCUT2D eigenvalue weighted by molar-refractivity contribution is 0.949. The third kappa shape index (κ3) is 1.65. The van der Waals surface area contributed by atoms with Crippen molar-refractivity contribution in [2.24, 2.45) is 0 Å². The SMILES string of the molecule is C#Cc1cncc(N2CCCC2)c1. The number of anilines is 1. The van der Waals surface area contributed by atoms with E-state index in [-0.39, 0.29) is 0 Å². The highest BCUT2D eigenvalue weighted by Crippen LogP contribution is 2.19. The first-order valence-electron chi connectivity index (χ1n) is 4.57. The van der Waals surface area contributed by atoms with E-state index in [0.717, 1.165) is 24.3 Å². The van der Waals surface area contributed by atoms with Gasteiger partial charge in [0.1, 0.15) is 0 Å². The zero-order valence-corrected chi connectivity index (χ0v) is 7.53. The molecule has 0 spiro atoms. The van der Waals surface area contributed by atoms with E-state index in [9.17, 15) is 0 Å². The van der Waals surface area contributed by atoms with Crippen molar-refractivity contribution in [3.8, 4) is 12.3 Å². The van der Waals surface area contributed by atoms with Crippen LogP contribution in [-0.2, 0) is 0 Å². The van der Waals surface area contributed by atoms with Crippen LogP contribution in [0.15, 0.2) is 18.5 Å². The summed E-state index contributed by atoms with van der Waals surface area (Å²) in [6, 6.07) is 2.03. The zero-order valence-electron chi connectivity index (χ0n) is 7.53. The fourth-order valence-corrected chi connectivity index (χ4v) is 1.65. The second-order valence-corrected chi connectivity index (χ2v) is 3.27. The smallest absolute Gasteiger partial charge is 0.0565 e. The van der Waals surface area contributed by atoms with E-state index in [1.807, 2.05) is 12.3 Å². The molecule has 2 heterocycles. The molecule has 2 nitrogen and oxygen atoms in total. The van der Waals surface area contributed by atoms with Crippen molar-refractivity contribution in [1.29, 1.82) is 0 Å². The van der Waals surface area contributed by atoms with Gasteiger partial charge in [-0.25, -0.2) is 0 Å². The Morgan fingerprint density at radius 1 is 1.31 bits per heavy atom. The topological polar surface area (TPSA) is 16.1 Å². The predicted molar refractivity (Wildman–Crippen MR) is 53.6 cm³/mol. The number of hydrogen-bond acceptors (Lipinski definition) is 2. The van der Waals surface area contributed by atoms with Crippen LogP contribution in [0.1, 0.15) is 18.4 Å². The molecule has 1 fully saturated rings. The molecular weight excluding hydrogens is 160 g/mol. The van der Waals surface area contributed by atoms with Crippen molar-refractivity contribution in [2.75, 3.05) is 18.0 Å². The van der Waals surface area contributed by atoms with Gasteiger partial charge < -0.3 is 4.90 Å². The number of rotatable bonds is 1.